The Labute approximate surface area is 118 Å². The molecule has 0 saturated heterocycles. The molecule has 7 heteroatoms. The maximum absolute atomic E-state index is 12.1. The fourth-order valence-electron chi connectivity index (χ4n) is 1.59. The van der Waals surface area contributed by atoms with Crippen LogP contribution in [-0.4, -0.2) is 25.5 Å². The Hall–Kier alpha value is -1.91. The largest absolute Gasteiger partial charge is 0.480 e. The summed E-state index contributed by atoms with van der Waals surface area (Å²) in [6.07, 6.45) is 0.535. The Bertz CT molecular complexity index is 617. The van der Waals surface area contributed by atoms with Gasteiger partial charge in [-0.2, -0.15) is 9.98 Å². The van der Waals surface area contributed by atoms with Crippen molar-refractivity contribution in [3.05, 3.63) is 29.8 Å². The molecule has 6 nitrogen and oxygen atoms in total. The van der Waals surface area contributed by atoms with Gasteiger partial charge in [-0.25, -0.2) is 8.42 Å². The molecule has 1 rings (SSSR count). The summed E-state index contributed by atoms with van der Waals surface area (Å²) in [5.74, 6) is -1.54. The summed E-state index contributed by atoms with van der Waals surface area (Å²) in [5.41, 5.74) is 0.334. The summed E-state index contributed by atoms with van der Waals surface area (Å²) in [4.78, 5) is 11.1. The molecule has 0 heterocycles. The van der Waals surface area contributed by atoms with Crippen LogP contribution in [0, 0.1) is 17.2 Å². The van der Waals surface area contributed by atoms with E-state index in [2.05, 4.69) is 4.72 Å². The summed E-state index contributed by atoms with van der Waals surface area (Å²) < 4.78 is 26.4. The van der Waals surface area contributed by atoms with E-state index in [9.17, 15) is 13.2 Å². The summed E-state index contributed by atoms with van der Waals surface area (Å²) >= 11 is 0. The van der Waals surface area contributed by atoms with E-state index >= 15 is 0 Å². The molecule has 0 bridgehead atoms. The van der Waals surface area contributed by atoms with Crippen LogP contribution >= 0.6 is 0 Å². The first-order valence-corrected chi connectivity index (χ1v) is 7.55. The fraction of sp³-hybridized carbons (Fsp3) is 0.385. The number of hydrogen-bond donors (Lipinski definition) is 2. The van der Waals surface area contributed by atoms with E-state index in [-0.39, 0.29) is 10.8 Å². The van der Waals surface area contributed by atoms with Crippen molar-refractivity contribution in [1.82, 2.24) is 4.72 Å². The number of hydrogen-bond acceptors (Lipinski definition) is 4. The average molecular weight is 296 g/mol. The van der Waals surface area contributed by atoms with Crippen LogP contribution in [0.1, 0.15) is 25.8 Å². The molecule has 0 amide bonds. The first kappa shape index (κ1) is 16.1. The molecular weight excluding hydrogens is 280 g/mol. The molecule has 0 aromatic heterocycles. The van der Waals surface area contributed by atoms with Crippen LogP contribution < -0.4 is 4.72 Å². The van der Waals surface area contributed by atoms with Crippen LogP contribution in [0.15, 0.2) is 29.2 Å². The van der Waals surface area contributed by atoms with Crippen molar-refractivity contribution in [2.75, 3.05) is 0 Å². The van der Waals surface area contributed by atoms with Gasteiger partial charge in [-0.05, 0) is 30.2 Å². The number of benzene rings is 1. The molecule has 2 N–H and O–H groups in total. The number of sulfonamides is 1. The maximum atomic E-state index is 12.1. The monoisotopic (exact) mass is 296 g/mol. The normalized spacial score (nSPS) is 14.2. The van der Waals surface area contributed by atoms with Gasteiger partial charge in [-0.15, -0.1) is 0 Å². The fourth-order valence-corrected chi connectivity index (χ4v) is 2.89. The third-order valence-corrected chi connectivity index (χ3v) is 4.51. The molecule has 0 saturated carbocycles. The third kappa shape index (κ3) is 3.79. The number of carbonyl (C=O) groups is 1. The van der Waals surface area contributed by atoms with Crippen LogP contribution in [0.25, 0.3) is 0 Å². The SMILES string of the molecule is CCC(C)C(NS(=O)(=O)c1ccc(C#N)cc1)C(=O)O. The van der Waals surface area contributed by atoms with Crippen LogP contribution in [-0.2, 0) is 14.8 Å². The summed E-state index contributed by atoms with van der Waals surface area (Å²) in [6.45, 7) is 3.46. The first-order chi connectivity index (χ1) is 9.31. The lowest BCUT2D eigenvalue weighted by molar-refractivity contribution is -0.140. The van der Waals surface area contributed by atoms with Crippen molar-refractivity contribution < 1.29 is 18.3 Å². The number of carboxylic acid groups (broad SMARTS) is 1. The standard InChI is InChI=1S/C13H16N2O4S/c1-3-9(2)12(13(16)17)15-20(18,19)11-6-4-10(8-14)5-7-11/h4-7,9,12,15H,3H2,1-2H3,(H,16,17). The maximum Gasteiger partial charge on any atom is 0.322 e. The van der Waals surface area contributed by atoms with Gasteiger partial charge in [0.15, 0.2) is 0 Å². The number of nitrogens with one attached hydrogen (secondary N) is 1. The zero-order valence-corrected chi connectivity index (χ0v) is 12.0. The van der Waals surface area contributed by atoms with Crippen molar-refractivity contribution in [2.45, 2.75) is 31.2 Å². The van der Waals surface area contributed by atoms with Gasteiger partial charge in [0, 0.05) is 0 Å². The van der Waals surface area contributed by atoms with E-state index in [1.54, 1.807) is 13.8 Å². The lowest BCUT2D eigenvalue weighted by Crippen LogP contribution is -2.44. The van der Waals surface area contributed by atoms with Gasteiger partial charge in [-0.1, -0.05) is 20.3 Å². The molecule has 20 heavy (non-hydrogen) atoms. The van der Waals surface area contributed by atoms with E-state index in [1.807, 2.05) is 6.07 Å². The van der Waals surface area contributed by atoms with E-state index in [1.165, 1.54) is 24.3 Å². The van der Waals surface area contributed by atoms with Crippen molar-refractivity contribution >= 4 is 16.0 Å². The van der Waals surface area contributed by atoms with Crippen LogP contribution in [0.5, 0.6) is 0 Å². The van der Waals surface area contributed by atoms with Gasteiger partial charge in [0.2, 0.25) is 10.0 Å². The molecule has 0 fully saturated rings. The van der Waals surface area contributed by atoms with Gasteiger partial charge in [0.05, 0.1) is 16.5 Å². The number of rotatable bonds is 6. The van der Waals surface area contributed by atoms with Crippen LogP contribution in [0.4, 0.5) is 0 Å². The molecule has 1 aromatic rings. The topological polar surface area (TPSA) is 107 Å². The minimum Gasteiger partial charge on any atom is -0.480 e. The van der Waals surface area contributed by atoms with Crippen molar-refractivity contribution in [1.29, 1.82) is 5.26 Å². The number of nitrogens with zero attached hydrogens (tertiary/aromatic N) is 1. The summed E-state index contributed by atoms with van der Waals surface area (Å²) in [7, 11) is -3.92. The number of carboxylic acids is 1. The number of nitriles is 1. The smallest absolute Gasteiger partial charge is 0.322 e. The predicted molar refractivity (Wildman–Crippen MR) is 72.4 cm³/mol. The molecule has 108 valence electrons. The second-order valence-corrected chi connectivity index (χ2v) is 6.17. The van der Waals surface area contributed by atoms with Crippen molar-refractivity contribution in [3.63, 3.8) is 0 Å². The lowest BCUT2D eigenvalue weighted by atomic mass is 10.0. The average Bonchev–Trinajstić information content (AvgIpc) is 2.43. The van der Waals surface area contributed by atoms with Gasteiger partial charge in [0.25, 0.3) is 0 Å². The van der Waals surface area contributed by atoms with Crippen LogP contribution in [0.3, 0.4) is 0 Å². The Morgan fingerprint density at radius 2 is 1.95 bits per heavy atom. The van der Waals surface area contributed by atoms with Crippen LogP contribution in [0.2, 0.25) is 0 Å². The molecule has 2 atom stereocenters. The highest BCUT2D eigenvalue weighted by Gasteiger charge is 2.29. The summed E-state index contributed by atoms with van der Waals surface area (Å²) in [6, 6.07) is 5.99. The highest BCUT2D eigenvalue weighted by molar-refractivity contribution is 7.89. The first-order valence-electron chi connectivity index (χ1n) is 6.07. The molecule has 0 radical (unpaired) electrons. The molecule has 1 aromatic carbocycles. The molecular formula is C13H16N2O4S. The zero-order chi connectivity index (χ0) is 15.3. The van der Waals surface area contributed by atoms with E-state index in [4.69, 9.17) is 10.4 Å². The number of aliphatic carboxylic acids is 1. The van der Waals surface area contributed by atoms with Gasteiger partial charge >= 0.3 is 5.97 Å². The highest BCUT2D eigenvalue weighted by atomic mass is 32.2. The van der Waals surface area contributed by atoms with Gasteiger partial charge in [0.1, 0.15) is 6.04 Å². The third-order valence-electron chi connectivity index (χ3n) is 3.05. The molecule has 0 aliphatic carbocycles. The minimum absolute atomic E-state index is 0.0638. The molecule has 0 aliphatic heterocycles. The Balaban J connectivity index is 3.03. The lowest BCUT2D eigenvalue weighted by Gasteiger charge is -2.20. The zero-order valence-electron chi connectivity index (χ0n) is 11.2. The Morgan fingerprint density at radius 1 is 1.40 bits per heavy atom. The molecule has 2 unspecified atom stereocenters. The van der Waals surface area contributed by atoms with Gasteiger partial charge < -0.3 is 5.11 Å². The predicted octanol–water partition coefficient (Wildman–Crippen LogP) is 1.34. The molecule has 0 spiro atoms. The Morgan fingerprint density at radius 3 is 2.35 bits per heavy atom. The molecule has 0 aliphatic rings. The van der Waals surface area contributed by atoms with Gasteiger partial charge in [-0.3, -0.25) is 4.79 Å². The van der Waals surface area contributed by atoms with E-state index in [0.29, 0.717) is 12.0 Å². The summed E-state index contributed by atoms with van der Waals surface area (Å²) in [5, 5.41) is 17.8. The van der Waals surface area contributed by atoms with E-state index < -0.39 is 22.0 Å². The van der Waals surface area contributed by atoms with E-state index in [0.717, 1.165) is 0 Å². The second-order valence-electron chi connectivity index (χ2n) is 4.46. The highest BCUT2D eigenvalue weighted by Crippen LogP contribution is 2.14. The van der Waals surface area contributed by atoms with Crippen molar-refractivity contribution in [2.24, 2.45) is 5.92 Å². The minimum atomic E-state index is -3.92. The van der Waals surface area contributed by atoms with Crippen molar-refractivity contribution in [3.8, 4) is 6.07 Å². The quantitative estimate of drug-likeness (QED) is 0.823. The Kier molecular flexibility index (Phi) is 5.25. The second kappa shape index (κ2) is 6.50.